The Morgan fingerprint density at radius 2 is 2.08 bits per heavy atom. The maximum absolute atomic E-state index is 11.3. The Labute approximate surface area is 74.7 Å². The molecule has 0 rings (SSSR count). The van der Waals surface area contributed by atoms with Gasteiger partial charge in [0.2, 0.25) is 5.91 Å². The van der Waals surface area contributed by atoms with Crippen molar-refractivity contribution in [1.29, 1.82) is 0 Å². The second-order valence-electron chi connectivity index (χ2n) is 3.76. The summed E-state index contributed by atoms with van der Waals surface area (Å²) < 4.78 is 0. The van der Waals surface area contributed by atoms with Crippen LogP contribution < -0.4 is 11.1 Å². The Morgan fingerprint density at radius 1 is 1.58 bits per heavy atom. The number of hydrogen-bond donors (Lipinski definition) is 2. The summed E-state index contributed by atoms with van der Waals surface area (Å²) in [7, 11) is 0. The molecular weight excluding hydrogens is 152 g/mol. The molecule has 0 heterocycles. The average molecular weight is 172 g/mol. The molecule has 0 fully saturated rings. The highest BCUT2D eigenvalue weighted by Gasteiger charge is 2.23. The topological polar surface area (TPSA) is 55.1 Å². The van der Waals surface area contributed by atoms with Gasteiger partial charge < -0.3 is 11.1 Å². The summed E-state index contributed by atoms with van der Waals surface area (Å²) in [5.41, 5.74) is 5.32. The van der Waals surface area contributed by atoms with E-state index in [1.807, 2.05) is 27.7 Å². The van der Waals surface area contributed by atoms with Crippen molar-refractivity contribution in [3.63, 3.8) is 0 Å². The highest BCUT2D eigenvalue weighted by atomic mass is 16.2. The Balaban J connectivity index is 4.12. The summed E-state index contributed by atoms with van der Waals surface area (Å²) in [4.78, 5) is 11.3. The summed E-state index contributed by atoms with van der Waals surface area (Å²) in [5.74, 6) is 0.104. The van der Waals surface area contributed by atoms with Gasteiger partial charge >= 0.3 is 0 Å². The number of carbonyl (C=O) groups excluding carboxylic acids is 1. The first-order chi connectivity index (χ1) is 5.45. The van der Waals surface area contributed by atoms with Crippen LogP contribution in [0.4, 0.5) is 0 Å². The Hall–Kier alpha value is -0.570. The van der Waals surface area contributed by atoms with Crippen LogP contribution in [0, 0.1) is 5.92 Å². The smallest absolute Gasteiger partial charge is 0.223 e. The van der Waals surface area contributed by atoms with Crippen LogP contribution in [0.1, 0.15) is 34.1 Å². The number of amides is 1. The van der Waals surface area contributed by atoms with Crippen molar-refractivity contribution in [1.82, 2.24) is 5.32 Å². The molecule has 0 aromatic rings. The normalized spacial score (nSPS) is 15.8. The largest absolute Gasteiger partial charge is 0.349 e. The van der Waals surface area contributed by atoms with Gasteiger partial charge in [0.15, 0.2) is 0 Å². The summed E-state index contributed by atoms with van der Waals surface area (Å²) in [6, 6.07) is 0. The van der Waals surface area contributed by atoms with Crippen molar-refractivity contribution < 1.29 is 4.79 Å². The molecule has 0 bridgehead atoms. The van der Waals surface area contributed by atoms with E-state index in [0.717, 1.165) is 6.42 Å². The zero-order chi connectivity index (χ0) is 9.78. The number of nitrogens with two attached hydrogens (primary N) is 1. The predicted molar refractivity (Wildman–Crippen MR) is 50.7 cm³/mol. The van der Waals surface area contributed by atoms with Crippen molar-refractivity contribution >= 4 is 5.91 Å². The van der Waals surface area contributed by atoms with Crippen molar-refractivity contribution in [2.45, 2.75) is 39.7 Å². The van der Waals surface area contributed by atoms with Crippen molar-refractivity contribution in [3.05, 3.63) is 0 Å². The van der Waals surface area contributed by atoms with E-state index in [0.29, 0.717) is 6.54 Å². The first-order valence-corrected chi connectivity index (χ1v) is 4.47. The average Bonchev–Trinajstić information content (AvgIpc) is 2.04. The number of nitrogens with one attached hydrogen (secondary N) is 1. The van der Waals surface area contributed by atoms with Crippen LogP contribution in [-0.2, 0) is 4.79 Å². The molecule has 12 heavy (non-hydrogen) atoms. The van der Waals surface area contributed by atoms with Gasteiger partial charge in [0.1, 0.15) is 0 Å². The summed E-state index contributed by atoms with van der Waals surface area (Å²) in [6.45, 7) is 8.23. The molecule has 0 spiro atoms. The second kappa shape index (κ2) is 4.45. The molecule has 0 aliphatic heterocycles. The lowest BCUT2D eigenvalue weighted by atomic mass is 9.98. The second-order valence-corrected chi connectivity index (χ2v) is 3.76. The molecule has 72 valence electrons. The highest BCUT2D eigenvalue weighted by Crippen LogP contribution is 2.07. The molecule has 3 N–H and O–H groups in total. The maximum Gasteiger partial charge on any atom is 0.223 e. The molecule has 0 saturated carbocycles. The summed E-state index contributed by atoms with van der Waals surface area (Å²) in [5, 5.41) is 2.93. The predicted octanol–water partition coefficient (Wildman–Crippen LogP) is 0.886. The lowest BCUT2D eigenvalue weighted by Gasteiger charge is -2.28. The Morgan fingerprint density at radius 3 is 2.33 bits per heavy atom. The van der Waals surface area contributed by atoms with Crippen molar-refractivity contribution in [3.8, 4) is 0 Å². The van der Waals surface area contributed by atoms with Gasteiger partial charge in [-0.15, -0.1) is 0 Å². The molecule has 0 aliphatic rings. The zero-order valence-electron chi connectivity index (χ0n) is 8.48. The van der Waals surface area contributed by atoms with E-state index >= 15 is 0 Å². The fourth-order valence-electron chi connectivity index (χ4n) is 0.726. The molecular formula is C9H20N2O. The molecule has 3 nitrogen and oxygen atoms in total. The van der Waals surface area contributed by atoms with Gasteiger partial charge in [-0.25, -0.2) is 0 Å². The third-order valence-corrected chi connectivity index (χ3v) is 2.18. The van der Waals surface area contributed by atoms with E-state index in [4.69, 9.17) is 5.73 Å². The van der Waals surface area contributed by atoms with Crippen LogP contribution in [0.2, 0.25) is 0 Å². The molecule has 3 heteroatoms. The number of hydrogen-bond acceptors (Lipinski definition) is 2. The van der Waals surface area contributed by atoms with Gasteiger partial charge in [-0.2, -0.15) is 0 Å². The lowest BCUT2D eigenvalue weighted by molar-refractivity contribution is -0.125. The standard InChI is InChI=1S/C9H20N2O/c1-5-9(4,6-10)11-8(12)7(2)3/h7H,5-6,10H2,1-4H3,(H,11,12). The zero-order valence-corrected chi connectivity index (χ0v) is 8.48. The summed E-state index contributed by atoms with van der Waals surface area (Å²) in [6.07, 6.45) is 0.863. The third-order valence-electron chi connectivity index (χ3n) is 2.18. The van der Waals surface area contributed by atoms with E-state index in [1.54, 1.807) is 0 Å². The minimum absolute atomic E-state index is 0.0300. The fraction of sp³-hybridized carbons (Fsp3) is 0.889. The minimum Gasteiger partial charge on any atom is -0.349 e. The molecule has 0 saturated heterocycles. The molecule has 1 amide bonds. The lowest BCUT2D eigenvalue weighted by Crippen LogP contribution is -2.52. The van der Waals surface area contributed by atoms with Crippen LogP contribution in [0.3, 0.4) is 0 Å². The van der Waals surface area contributed by atoms with Gasteiger partial charge in [-0.1, -0.05) is 20.8 Å². The van der Waals surface area contributed by atoms with E-state index < -0.39 is 0 Å². The highest BCUT2D eigenvalue weighted by molar-refractivity contribution is 5.78. The van der Waals surface area contributed by atoms with Gasteiger partial charge in [0.05, 0.1) is 0 Å². The van der Waals surface area contributed by atoms with Crippen LogP contribution in [-0.4, -0.2) is 18.0 Å². The Kier molecular flexibility index (Phi) is 4.24. The van der Waals surface area contributed by atoms with Crippen LogP contribution in [0.15, 0.2) is 0 Å². The number of rotatable bonds is 4. The molecule has 0 aromatic carbocycles. The number of carbonyl (C=O) groups is 1. The summed E-state index contributed by atoms with van der Waals surface area (Å²) >= 11 is 0. The van der Waals surface area contributed by atoms with Gasteiger partial charge in [-0.05, 0) is 13.3 Å². The van der Waals surface area contributed by atoms with Gasteiger partial charge in [-0.3, -0.25) is 4.79 Å². The SMILES string of the molecule is CCC(C)(CN)NC(=O)C(C)C. The molecule has 1 unspecified atom stereocenters. The monoisotopic (exact) mass is 172 g/mol. The molecule has 0 aromatic heterocycles. The van der Waals surface area contributed by atoms with Crippen LogP contribution in [0.25, 0.3) is 0 Å². The van der Waals surface area contributed by atoms with E-state index in [1.165, 1.54) is 0 Å². The van der Waals surface area contributed by atoms with Gasteiger partial charge in [0, 0.05) is 18.0 Å². The third kappa shape index (κ3) is 3.22. The minimum atomic E-state index is -0.235. The van der Waals surface area contributed by atoms with Gasteiger partial charge in [0.25, 0.3) is 0 Å². The van der Waals surface area contributed by atoms with E-state index in [9.17, 15) is 4.79 Å². The first-order valence-electron chi connectivity index (χ1n) is 4.47. The maximum atomic E-state index is 11.3. The van der Waals surface area contributed by atoms with Crippen molar-refractivity contribution in [2.75, 3.05) is 6.54 Å². The van der Waals surface area contributed by atoms with Crippen LogP contribution >= 0.6 is 0 Å². The van der Waals surface area contributed by atoms with Crippen LogP contribution in [0.5, 0.6) is 0 Å². The van der Waals surface area contributed by atoms with Crippen molar-refractivity contribution in [2.24, 2.45) is 11.7 Å². The quantitative estimate of drug-likeness (QED) is 0.661. The Bertz CT molecular complexity index is 151. The first kappa shape index (κ1) is 11.4. The fourth-order valence-corrected chi connectivity index (χ4v) is 0.726. The molecule has 0 radical (unpaired) electrons. The van der Waals surface area contributed by atoms with E-state index in [2.05, 4.69) is 5.32 Å². The molecule has 1 atom stereocenters. The molecule has 0 aliphatic carbocycles. The van der Waals surface area contributed by atoms with E-state index in [-0.39, 0.29) is 17.4 Å².